The number of para-hydroxylation sites is 3. The van der Waals surface area contributed by atoms with Gasteiger partial charge in [0.25, 0.3) is 5.91 Å². The largest absolute Gasteiger partial charge is 0.494 e. The Morgan fingerprint density at radius 3 is 2.15 bits per heavy atom. The molecule has 0 saturated carbocycles. The molecule has 1 fully saturated rings. The van der Waals surface area contributed by atoms with Gasteiger partial charge in [0.15, 0.2) is 18.0 Å². The quantitative estimate of drug-likeness (QED) is 0.444. The fraction of sp³-hybridized carbons (Fsp3) is 0.458. The molecule has 0 radical (unpaired) electrons. The monoisotopic (exact) mass is 460 g/mol. The Morgan fingerprint density at radius 1 is 0.970 bits per heavy atom. The number of carbonyl (C=O) groups excluding carboxylic acids is 1. The summed E-state index contributed by atoms with van der Waals surface area (Å²) in [4.78, 5) is 16.0. The highest BCUT2D eigenvalue weighted by atomic mass is 16.5. The molecule has 180 valence electrons. The van der Waals surface area contributed by atoms with Gasteiger partial charge in [-0.1, -0.05) is 18.2 Å². The molecule has 1 heterocycles. The number of methoxy groups -OCH3 is 3. The molecule has 2 aromatic rings. The van der Waals surface area contributed by atoms with Crippen LogP contribution in [-0.2, 0) is 4.79 Å². The van der Waals surface area contributed by atoms with Gasteiger partial charge in [-0.25, -0.2) is 0 Å². The SMILES string of the molecule is COc1ccccc1OC[C@H](O)CN1CC[NH+](CC(=O)Nc2c(OC)cccc2OC)CC1. The van der Waals surface area contributed by atoms with Crippen LogP contribution in [0.1, 0.15) is 0 Å². The zero-order valence-corrected chi connectivity index (χ0v) is 19.5. The molecule has 9 nitrogen and oxygen atoms in total. The number of anilines is 1. The standard InChI is InChI=1S/C24H33N3O6/c1-30-19-7-4-5-8-20(19)33-17-18(28)15-26-11-13-27(14-12-26)16-23(29)25-24-21(31-2)9-6-10-22(24)32-3/h4-10,18,28H,11-17H2,1-3H3,(H,25,29)/p+1/t18-/m1/s1. The van der Waals surface area contributed by atoms with E-state index in [1.54, 1.807) is 33.5 Å². The highest BCUT2D eigenvalue weighted by Gasteiger charge is 2.25. The van der Waals surface area contributed by atoms with E-state index in [9.17, 15) is 9.90 Å². The zero-order valence-electron chi connectivity index (χ0n) is 19.5. The van der Waals surface area contributed by atoms with Crippen LogP contribution in [0, 0.1) is 0 Å². The average Bonchev–Trinajstić information content (AvgIpc) is 2.84. The third-order valence-corrected chi connectivity index (χ3v) is 5.64. The van der Waals surface area contributed by atoms with Crippen LogP contribution < -0.4 is 29.2 Å². The molecule has 0 unspecified atom stereocenters. The molecule has 0 aliphatic carbocycles. The molecule has 1 aliphatic rings. The first-order chi connectivity index (χ1) is 16.0. The molecule has 2 aromatic carbocycles. The first-order valence-corrected chi connectivity index (χ1v) is 11.0. The number of benzene rings is 2. The van der Waals surface area contributed by atoms with Crippen LogP contribution in [-0.4, -0.2) is 89.2 Å². The van der Waals surface area contributed by atoms with Crippen molar-refractivity contribution >= 4 is 11.6 Å². The number of ether oxygens (including phenoxy) is 4. The van der Waals surface area contributed by atoms with E-state index in [4.69, 9.17) is 18.9 Å². The molecule has 1 saturated heterocycles. The minimum absolute atomic E-state index is 0.0912. The summed E-state index contributed by atoms with van der Waals surface area (Å²) in [5.41, 5.74) is 0.545. The maximum Gasteiger partial charge on any atom is 0.279 e. The van der Waals surface area contributed by atoms with Crippen molar-refractivity contribution < 1.29 is 33.7 Å². The van der Waals surface area contributed by atoms with Crippen LogP contribution in [0.5, 0.6) is 23.0 Å². The van der Waals surface area contributed by atoms with E-state index >= 15 is 0 Å². The van der Waals surface area contributed by atoms with Gasteiger partial charge in [-0.3, -0.25) is 9.69 Å². The van der Waals surface area contributed by atoms with Crippen molar-refractivity contribution in [3.05, 3.63) is 42.5 Å². The predicted molar refractivity (Wildman–Crippen MR) is 125 cm³/mol. The number of carbonyl (C=O) groups is 1. The van der Waals surface area contributed by atoms with E-state index in [1.807, 2.05) is 30.3 Å². The number of hydrogen-bond acceptors (Lipinski definition) is 7. The van der Waals surface area contributed by atoms with Gasteiger partial charge >= 0.3 is 0 Å². The van der Waals surface area contributed by atoms with E-state index in [1.165, 1.54) is 4.90 Å². The number of nitrogens with zero attached hydrogens (tertiary/aromatic N) is 1. The molecule has 3 N–H and O–H groups in total. The molecule has 0 bridgehead atoms. The topological polar surface area (TPSA) is 93.9 Å². The second-order valence-electron chi connectivity index (χ2n) is 7.93. The lowest BCUT2D eigenvalue weighted by molar-refractivity contribution is -0.896. The Bertz CT molecular complexity index is 879. The van der Waals surface area contributed by atoms with Crippen LogP contribution >= 0.6 is 0 Å². The Morgan fingerprint density at radius 2 is 1.55 bits per heavy atom. The number of β-amino-alcohol motifs (C(OH)–C–C–N with tert-alkyl or cyclic N) is 1. The molecule has 1 amide bonds. The smallest absolute Gasteiger partial charge is 0.279 e. The second-order valence-corrected chi connectivity index (χ2v) is 7.93. The van der Waals surface area contributed by atoms with Gasteiger partial charge in [0.05, 0.1) is 34.4 Å². The van der Waals surface area contributed by atoms with Crippen LogP contribution in [0.3, 0.4) is 0 Å². The summed E-state index contributed by atoms with van der Waals surface area (Å²) >= 11 is 0. The Kier molecular flexibility index (Phi) is 9.17. The number of nitrogens with one attached hydrogen (secondary N) is 2. The lowest BCUT2D eigenvalue weighted by Crippen LogP contribution is -3.15. The summed E-state index contributed by atoms with van der Waals surface area (Å²) in [6.07, 6.45) is -0.613. The summed E-state index contributed by atoms with van der Waals surface area (Å²) < 4.78 is 21.7. The number of aliphatic hydroxyl groups is 1. The van der Waals surface area contributed by atoms with Crippen LogP contribution in [0.4, 0.5) is 5.69 Å². The van der Waals surface area contributed by atoms with Gasteiger partial charge in [0.2, 0.25) is 0 Å². The minimum atomic E-state index is -0.613. The van der Waals surface area contributed by atoms with Crippen molar-refractivity contribution in [2.45, 2.75) is 6.10 Å². The first-order valence-electron chi connectivity index (χ1n) is 11.0. The maximum absolute atomic E-state index is 12.6. The number of piperazine rings is 1. The highest BCUT2D eigenvalue weighted by molar-refractivity contribution is 5.94. The van der Waals surface area contributed by atoms with Crippen LogP contribution in [0.2, 0.25) is 0 Å². The fourth-order valence-electron chi connectivity index (χ4n) is 3.89. The van der Waals surface area contributed by atoms with Gasteiger partial charge in [-0.2, -0.15) is 0 Å². The average molecular weight is 461 g/mol. The van der Waals surface area contributed by atoms with Gasteiger partial charge in [-0.05, 0) is 24.3 Å². The van der Waals surface area contributed by atoms with Crippen LogP contribution in [0.25, 0.3) is 0 Å². The lowest BCUT2D eigenvalue weighted by atomic mass is 10.2. The van der Waals surface area contributed by atoms with Crippen molar-refractivity contribution in [2.75, 3.05) is 72.5 Å². The van der Waals surface area contributed by atoms with E-state index in [-0.39, 0.29) is 12.5 Å². The summed E-state index contributed by atoms with van der Waals surface area (Å²) in [6, 6.07) is 12.8. The maximum atomic E-state index is 12.6. The van der Waals surface area contributed by atoms with Crippen molar-refractivity contribution in [3.63, 3.8) is 0 Å². The van der Waals surface area contributed by atoms with Gasteiger partial charge in [0.1, 0.15) is 29.9 Å². The summed E-state index contributed by atoms with van der Waals surface area (Å²) in [7, 11) is 4.71. The number of hydrogen-bond donors (Lipinski definition) is 3. The molecule has 33 heavy (non-hydrogen) atoms. The molecule has 1 aliphatic heterocycles. The van der Waals surface area contributed by atoms with Crippen molar-refractivity contribution in [1.82, 2.24) is 4.90 Å². The number of amides is 1. The summed E-state index contributed by atoms with van der Waals surface area (Å²) in [5, 5.41) is 13.3. The third-order valence-electron chi connectivity index (χ3n) is 5.64. The number of quaternary nitrogens is 1. The van der Waals surface area contributed by atoms with Crippen molar-refractivity contribution in [3.8, 4) is 23.0 Å². The molecule has 0 spiro atoms. The van der Waals surface area contributed by atoms with Gasteiger partial charge < -0.3 is 34.3 Å². The van der Waals surface area contributed by atoms with E-state index in [0.29, 0.717) is 41.8 Å². The van der Waals surface area contributed by atoms with Crippen LogP contribution in [0.15, 0.2) is 42.5 Å². The van der Waals surface area contributed by atoms with E-state index in [2.05, 4.69) is 10.2 Å². The third kappa shape index (κ3) is 6.98. The minimum Gasteiger partial charge on any atom is -0.494 e. The molecule has 3 rings (SSSR count). The second kappa shape index (κ2) is 12.3. The lowest BCUT2D eigenvalue weighted by Gasteiger charge is -2.32. The molecule has 9 heteroatoms. The summed E-state index contributed by atoms with van der Waals surface area (Å²) in [5.74, 6) is 2.29. The van der Waals surface area contributed by atoms with Gasteiger partial charge in [0, 0.05) is 19.6 Å². The molecule has 0 aromatic heterocycles. The number of rotatable bonds is 11. The predicted octanol–water partition coefficient (Wildman–Crippen LogP) is 0.291. The van der Waals surface area contributed by atoms with Crippen molar-refractivity contribution in [2.24, 2.45) is 0 Å². The van der Waals surface area contributed by atoms with Crippen molar-refractivity contribution in [1.29, 1.82) is 0 Å². The fourth-order valence-corrected chi connectivity index (χ4v) is 3.89. The van der Waals surface area contributed by atoms with E-state index < -0.39 is 6.10 Å². The first kappa shape index (κ1) is 24.6. The Balaban J connectivity index is 1.41. The Hall–Kier alpha value is -3.01. The molecular weight excluding hydrogens is 426 g/mol. The molecular formula is C24H34N3O6+. The zero-order chi connectivity index (χ0) is 23.6. The highest BCUT2D eigenvalue weighted by Crippen LogP contribution is 2.33. The number of aliphatic hydroxyl groups excluding tert-OH is 1. The molecule has 1 atom stereocenters. The Labute approximate surface area is 194 Å². The van der Waals surface area contributed by atoms with Gasteiger partial charge in [-0.15, -0.1) is 0 Å². The van der Waals surface area contributed by atoms with E-state index in [0.717, 1.165) is 26.2 Å². The normalized spacial score (nSPS) is 15.5. The summed E-state index contributed by atoms with van der Waals surface area (Å²) in [6.45, 7) is 4.30.